The van der Waals surface area contributed by atoms with E-state index in [0.29, 0.717) is 22.9 Å². The Morgan fingerprint density at radius 2 is 1.79 bits per heavy atom. The first kappa shape index (κ1) is 16.1. The van der Waals surface area contributed by atoms with Crippen molar-refractivity contribution in [3.8, 4) is 11.5 Å². The molecule has 0 saturated heterocycles. The summed E-state index contributed by atoms with van der Waals surface area (Å²) in [6.45, 7) is 3.79. The van der Waals surface area contributed by atoms with Gasteiger partial charge in [0.2, 0.25) is 0 Å². The first-order valence-electron chi connectivity index (χ1n) is 6.25. The average molecular weight is 288 g/mol. The Morgan fingerprint density at radius 3 is 2.26 bits per heavy atom. The molecule has 3 N–H and O–H groups in total. The fourth-order valence-electron chi connectivity index (χ4n) is 1.97. The second kappa shape index (κ2) is 6.98. The molecule has 0 fully saturated rings. The summed E-state index contributed by atoms with van der Waals surface area (Å²) in [4.78, 5) is 0. The highest BCUT2D eigenvalue weighted by atomic mass is 35.5. The molecule has 1 aromatic carbocycles. The molecule has 1 rings (SSSR count). The van der Waals surface area contributed by atoms with E-state index in [-0.39, 0.29) is 12.0 Å². The third-order valence-corrected chi connectivity index (χ3v) is 3.53. The van der Waals surface area contributed by atoms with Gasteiger partial charge in [-0.15, -0.1) is 0 Å². The van der Waals surface area contributed by atoms with Gasteiger partial charge in [0.1, 0.15) is 11.5 Å². The molecule has 0 spiro atoms. The number of nitrogens with two attached hydrogens (primary N) is 1. The Morgan fingerprint density at radius 1 is 1.21 bits per heavy atom. The second-order valence-corrected chi connectivity index (χ2v) is 5.20. The van der Waals surface area contributed by atoms with Crippen molar-refractivity contribution in [3.05, 3.63) is 22.7 Å². The van der Waals surface area contributed by atoms with Gasteiger partial charge >= 0.3 is 0 Å². The molecule has 0 radical (unpaired) electrons. The number of ether oxygens (including phenoxy) is 2. The van der Waals surface area contributed by atoms with E-state index in [1.165, 1.54) is 0 Å². The maximum absolute atomic E-state index is 9.87. The van der Waals surface area contributed by atoms with Gasteiger partial charge in [-0.25, -0.2) is 0 Å². The third-order valence-electron chi connectivity index (χ3n) is 3.24. The minimum absolute atomic E-state index is 0.0827. The van der Waals surface area contributed by atoms with Crippen molar-refractivity contribution < 1.29 is 14.6 Å². The van der Waals surface area contributed by atoms with Gasteiger partial charge in [-0.2, -0.15) is 0 Å². The van der Waals surface area contributed by atoms with Crippen molar-refractivity contribution in [1.29, 1.82) is 0 Å². The van der Waals surface area contributed by atoms with E-state index in [2.05, 4.69) is 0 Å². The largest absolute Gasteiger partial charge is 0.496 e. The number of halogens is 1. The van der Waals surface area contributed by atoms with E-state index in [9.17, 15) is 5.11 Å². The molecular formula is C14H22ClNO3. The number of benzene rings is 1. The smallest absolute Gasteiger partial charge is 0.141 e. The molecule has 1 aromatic rings. The van der Waals surface area contributed by atoms with E-state index >= 15 is 0 Å². The quantitative estimate of drug-likeness (QED) is 0.844. The first-order chi connectivity index (χ1) is 8.90. The lowest BCUT2D eigenvalue weighted by atomic mass is 9.92. The summed E-state index contributed by atoms with van der Waals surface area (Å²) in [5.74, 6) is 1.35. The summed E-state index contributed by atoms with van der Waals surface area (Å²) >= 11 is 6.13. The van der Waals surface area contributed by atoms with E-state index in [1.54, 1.807) is 27.2 Å². The second-order valence-electron chi connectivity index (χ2n) is 4.79. The van der Waals surface area contributed by atoms with Crippen molar-refractivity contribution in [1.82, 2.24) is 0 Å². The molecule has 3 unspecified atom stereocenters. The lowest BCUT2D eigenvalue weighted by Crippen LogP contribution is -2.32. The van der Waals surface area contributed by atoms with Crippen LogP contribution in [0, 0.1) is 0 Å². The topological polar surface area (TPSA) is 64.7 Å². The highest BCUT2D eigenvalue weighted by molar-refractivity contribution is 6.32. The molecule has 5 heteroatoms. The van der Waals surface area contributed by atoms with Gasteiger partial charge in [-0.1, -0.05) is 18.5 Å². The predicted octanol–water partition coefficient (Wildman–Crippen LogP) is 2.56. The monoisotopic (exact) mass is 287 g/mol. The number of aliphatic hydroxyl groups is 1. The van der Waals surface area contributed by atoms with Crippen LogP contribution in [0.15, 0.2) is 12.1 Å². The summed E-state index contributed by atoms with van der Waals surface area (Å²) in [7, 11) is 3.16. The van der Waals surface area contributed by atoms with Crippen LogP contribution in [0.3, 0.4) is 0 Å². The minimum atomic E-state index is -0.555. The Bertz CT molecular complexity index is 423. The zero-order valence-corrected chi connectivity index (χ0v) is 12.6. The molecule has 0 aliphatic rings. The molecule has 3 atom stereocenters. The van der Waals surface area contributed by atoms with Gasteiger partial charge in [0, 0.05) is 12.1 Å². The molecule has 0 bridgehead atoms. The lowest BCUT2D eigenvalue weighted by Gasteiger charge is -2.22. The Balaban J connectivity index is 3.01. The molecule has 0 amide bonds. The normalized spacial score (nSPS) is 15.7. The predicted molar refractivity (Wildman–Crippen MR) is 77.2 cm³/mol. The zero-order valence-electron chi connectivity index (χ0n) is 11.8. The van der Waals surface area contributed by atoms with E-state index in [0.717, 1.165) is 5.56 Å². The van der Waals surface area contributed by atoms with Crippen LogP contribution in [0.4, 0.5) is 0 Å². The van der Waals surface area contributed by atoms with Crippen LogP contribution in [-0.4, -0.2) is 31.5 Å². The van der Waals surface area contributed by atoms with Crippen molar-refractivity contribution in [2.24, 2.45) is 5.73 Å². The summed E-state index contributed by atoms with van der Waals surface area (Å²) in [5.41, 5.74) is 6.62. The maximum Gasteiger partial charge on any atom is 0.141 e. The maximum atomic E-state index is 9.87. The van der Waals surface area contributed by atoms with Gasteiger partial charge < -0.3 is 20.3 Å². The van der Waals surface area contributed by atoms with Gasteiger partial charge in [0.25, 0.3) is 0 Å². The molecule has 0 aromatic heterocycles. The van der Waals surface area contributed by atoms with Crippen LogP contribution in [0.25, 0.3) is 0 Å². The van der Waals surface area contributed by atoms with Crippen LogP contribution in [0.1, 0.15) is 31.7 Å². The van der Waals surface area contributed by atoms with Gasteiger partial charge in [-0.3, -0.25) is 0 Å². The van der Waals surface area contributed by atoms with E-state index in [1.807, 2.05) is 13.0 Å². The average Bonchev–Trinajstić information content (AvgIpc) is 2.38. The number of hydrogen-bond acceptors (Lipinski definition) is 4. The summed E-state index contributed by atoms with van der Waals surface area (Å²) in [6, 6.07) is 3.31. The van der Waals surface area contributed by atoms with Crippen LogP contribution in [0.5, 0.6) is 11.5 Å². The van der Waals surface area contributed by atoms with Crippen molar-refractivity contribution in [2.45, 2.75) is 38.3 Å². The number of methoxy groups -OCH3 is 2. The molecule has 19 heavy (non-hydrogen) atoms. The summed E-state index contributed by atoms with van der Waals surface area (Å²) in [5, 5.41) is 10.4. The molecule has 0 aliphatic carbocycles. The standard InChI is InChI=1S/C14H22ClNO3/c1-8(5-12(17)9(2)16)10-6-11(15)14(19-4)7-13(10)18-3/h6-9,12,17H,5,16H2,1-4H3. The van der Waals surface area contributed by atoms with Crippen molar-refractivity contribution in [3.63, 3.8) is 0 Å². The highest BCUT2D eigenvalue weighted by Gasteiger charge is 2.20. The van der Waals surface area contributed by atoms with Crippen LogP contribution < -0.4 is 15.2 Å². The molecule has 108 valence electrons. The number of aliphatic hydroxyl groups excluding tert-OH is 1. The van der Waals surface area contributed by atoms with Crippen LogP contribution >= 0.6 is 11.6 Å². The summed E-state index contributed by atoms with van der Waals surface area (Å²) < 4.78 is 10.5. The van der Waals surface area contributed by atoms with Crippen LogP contribution in [0.2, 0.25) is 5.02 Å². The molecule has 4 nitrogen and oxygen atoms in total. The van der Waals surface area contributed by atoms with Gasteiger partial charge in [0.05, 0.1) is 25.3 Å². The zero-order chi connectivity index (χ0) is 14.6. The SMILES string of the molecule is COc1cc(OC)c(C(C)CC(O)C(C)N)cc1Cl. The molecular weight excluding hydrogens is 266 g/mol. The fraction of sp³-hybridized carbons (Fsp3) is 0.571. The Hall–Kier alpha value is -0.970. The van der Waals surface area contributed by atoms with Crippen LogP contribution in [-0.2, 0) is 0 Å². The molecule has 0 aliphatic heterocycles. The minimum Gasteiger partial charge on any atom is -0.496 e. The fourth-order valence-corrected chi connectivity index (χ4v) is 2.22. The number of hydrogen-bond donors (Lipinski definition) is 2. The van der Waals surface area contributed by atoms with Crippen molar-refractivity contribution in [2.75, 3.05) is 14.2 Å². The molecule has 0 saturated carbocycles. The van der Waals surface area contributed by atoms with Gasteiger partial charge in [-0.05, 0) is 30.9 Å². The van der Waals surface area contributed by atoms with Crippen molar-refractivity contribution >= 4 is 11.6 Å². The van der Waals surface area contributed by atoms with Gasteiger partial charge in [0.15, 0.2) is 0 Å². The Labute approximate surface area is 119 Å². The van der Waals surface area contributed by atoms with E-state index < -0.39 is 6.10 Å². The third kappa shape index (κ3) is 4.00. The Kier molecular flexibility index (Phi) is 5.91. The highest BCUT2D eigenvalue weighted by Crippen LogP contribution is 2.37. The first-order valence-corrected chi connectivity index (χ1v) is 6.63. The lowest BCUT2D eigenvalue weighted by molar-refractivity contribution is 0.134. The number of rotatable bonds is 6. The van der Waals surface area contributed by atoms with E-state index in [4.69, 9.17) is 26.8 Å². The summed E-state index contributed by atoms with van der Waals surface area (Å²) in [6.07, 6.45) is -0.00275. The molecule has 0 heterocycles.